The minimum absolute atomic E-state index is 0.0413. The number of hydrogen-bond donors (Lipinski definition) is 1. The number of carbonyl (C=O) groups is 2. The van der Waals surface area contributed by atoms with E-state index in [-0.39, 0.29) is 23.7 Å². The van der Waals surface area contributed by atoms with Gasteiger partial charge in [0.1, 0.15) is 0 Å². The molecule has 0 aliphatic heterocycles. The minimum Gasteiger partial charge on any atom is -0.352 e. The number of Topliss-reactive ketones (excluding diaryl/α,β-unsaturated/α-hetero) is 1. The Morgan fingerprint density at radius 3 is 2.40 bits per heavy atom. The van der Waals surface area contributed by atoms with E-state index in [9.17, 15) is 22.8 Å². The molecule has 0 bridgehead atoms. The summed E-state index contributed by atoms with van der Waals surface area (Å²) in [6.07, 6.45) is -2.70. The number of nitrogens with one attached hydrogen (secondary N) is 1. The second kappa shape index (κ2) is 8.94. The Kier molecular flexibility index (Phi) is 7.19. The van der Waals surface area contributed by atoms with Crippen molar-refractivity contribution in [3.05, 3.63) is 34.9 Å². The molecule has 138 valence electrons. The summed E-state index contributed by atoms with van der Waals surface area (Å²) in [5, 5.41) is 3.01. The molecule has 1 aliphatic rings. The van der Waals surface area contributed by atoms with Crippen LogP contribution in [0.3, 0.4) is 0 Å². The van der Waals surface area contributed by atoms with E-state index in [4.69, 9.17) is 11.6 Å². The highest BCUT2D eigenvalue weighted by Crippen LogP contribution is 2.37. The van der Waals surface area contributed by atoms with Gasteiger partial charge in [0.05, 0.1) is 17.4 Å². The van der Waals surface area contributed by atoms with E-state index in [1.165, 1.54) is 0 Å². The summed E-state index contributed by atoms with van der Waals surface area (Å²) >= 11 is 6.84. The molecule has 25 heavy (non-hydrogen) atoms. The highest BCUT2D eigenvalue weighted by atomic mass is 35.5. The van der Waals surface area contributed by atoms with E-state index in [0.29, 0.717) is 29.8 Å². The zero-order valence-corrected chi connectivity index (χ0v) is 15.0. The molecule has 1 fully saturated rings. The largest absolute Gasteiger partial charge is 0.393 e. The van der Waals surface area contributed by atoms with E-state index in [0.717, 1.165) is 11.8 Å². The van der Waals surface area contributed by atoms with Crippen LogP contribution in [0.15, 0.2) is 24.3 Å². The van der Waals surface area contributed by atoms with E-state index in [2.05, 4.69) is 5.32 Å². The fraction of sp³-hybridized carbons (Fsp3) is 0.529. The molecule has 0 radical (unpaired) electrons. The number of carbonyl (C=O) groups excluding carboxylic acids is 2. The van der Waals surface area contributed by atoms with Crippen LogP contribution in [0.4, 0.5) is 13.2 Å². The summed E-state index contributed by atoms with van der Waals surface area (Å²) in [6.45, 7) is 0. The monoisotopic (exact) mass is 393 g/mol. The number of rotatable bonds is 6. The Balaban J connectivity index is 1.78. The third-order valence-electron chi connectivity index (χ3n) is 4.17. The number of ketones is 1. The standard InChI is InChI=1S/C17H19ClF3NO2S/c18-12-7-5-11(6-8-12)15(23)9-25-10-16(24)22-14-4-2-1-3-13(14)17(19,20)21/h5-8,13-14H,1-4,9-10H2,(H,22,24). The van der Waals surface area contributed by atoms with Gasteiger partial charge in [-0.3, -0.25) is 9.59 Å². The Morgan fingerprint density at radius 1 is 1.12 bits per heavy atom. The molecular weight excluding hydrogens is 375 g/mol. The third-order valence-corrected chi connectivity index (χ3v) is 5.35. The molecule has 0 heterocycles. The molecule has 1 aromatic carbocycles. The lowest BCUT2D eigenvalue weighted by Crippen LogP contribution is -2.48. The Hall–Kier alpha value is -1.21. The second-order valence-corrected chi connectivity index (χ2v) is 7.45. The quantitative estimate of drug-likeness (QED) is 0.724. The van der Waals surface area contributed by atoms with Crippen molar-refractivity contribution < 1.29 is 22.8 Å². The van der Waals surface area contributed by atoms with Gasteiger partial charge in [-0.2, -0.15) is 13.2 Å². The van der Waals surface area contributed by atoms with Crippen molar-refractivity contribution in [2.24, 2.45) is 5.92 Å². The molecule has 3 nitrogen and oxygen atoms in total. The molecule has 1 amide bonds. The maximum absolute atomic E-state index is 13.0. The van der Waals surface area contributed by atoms with Crippen molar-refractivity contribution in [2.75, 3.05) is 11.5 Å². The SMILES string of the molecule is O=C(CSCC(=O)c1ccc(Cl)cc1)NC1CCCCC1C(F)(F)F. The molecule has 2 unspecified atom stereocenters. The summed E-state index contributed by atoms with van der Waals surface area (Å²) < 4.78 is 39.0. The highest BCUT2D eigenvalue weighted by Gasteiger charge is 2.45. The summed E-state index contributed by atoms with van der Waals surface area (Å²) in [6, 6.07) is 5.54. The first-order valence-corrected chi connectivity index (χ1v) is 9.53. The van der Waals surface area contributed by atoms with Crippen LogP contribution in [0.1, 0.15) is 36.0 Å². The lowest BCUT2D eigenvalue weighted by atomic mass is 9.84. The van der Waals surface area contributed by atoms with Gasteiger partial charge >= 0.3 is 6.18 Å². The molecule has 1 aliphatic carbocycles. The van der Waals surface area contributed by atoms with Gasteiger partial charge in [0, 0.05) is 16.6 Å². The van der Waals surface area contributed by atoms with Gasteiger partial charge in [0.25, 0.3) is 0 Å². The van der Waals surface area contributed by atoms with Gasteiger partial charge in [-0.1, -0.05) is 24.4 Å². The number of thioether (sulfide) groups is 1. The van der Waals surface area contributed by atoms with Gasteiger partial charge < -0.3 is 5.32 Å². The van der Waals surface area contributed by atoms with Gasteiger partial charge in [-0.15, -0.1) is 11.8 Å². The molecule has 0 aromatic heterocycles. The molecule has 1 N–H and O–H groups in total. The van der Waals surface area contributed by atoms with Crippen molar-refractivity contribution in [3.8, 4) is 0 Å². The Labute approximate surface area is 153 Å². The topological polar surface area (TPSA) is 46.2 Å². The van der Waals surface area contributed by atoms with Crippen molar-refractivity contribution >= 4 is 35.1 Å². The normalized spacial score (nSPS) is 21.0. The van der Waals surface area contributed by atoms with E-state index >= 15 is 0 Å². The Morgan fingerprint density at radius 2 is 1.76 bits per heavy atom. The van der Waals surface area contributed by atoms with E-state index in [1.54, 1.807) is 24.3 Å². The van der Waals surface area contributed by atoms with E-state index < -0.39 is 24.0 Å². The van der Waals surface area contributed by atoms with Crippen LogP contribution in [0.5, 0.6) is 0 Å². The van der Waals surface area contributed by atoms with Crippen molar-refractivity contribution in [1.29, 1.82) is 0 Å². The Bertz CT molecular complexity index is 607. The van der Waals surface area contributed by atoms with Gasteiger partial charge in [-0.25, -0.2) is 0 Å². The van der Waals surface area contributed by atoms with Crippen molar-refractivity contribution in [3.63, 3.8) is 0 Å². The van der Waals surface area contributed by atoms with Crippen LogP contribution < -0.4 is 5.32 Å². The first-order valence-electron chi connectivity index (χ1n) is 8.00. The minimum atomic E-state index is -4.30. The molecule has 2 rings (SSSR count). The number of alkyl halides is 3. The fourth-order valence-corrected chi connectivity index (χ4v) is 3.75. The third kappa shape index (κ3) is 6.22. The lowest BCUT2D eigenvalue weighted by molar-refractivity contribution is -0.189. The molecule has 1 aromatic rings. The molecule has 0 saturated heterocycles. The number of hydrogen-bond acceptors (Lipinski definition) is 3. The molecule has 2 atom stereocenters. The summed E-state index contributed by atoms with van der Waals surface area (Å²) in [5.74, 6) is -2.05. The van der Waals surface area contributed by atoms with Crippen LogP contribution in [0, 0.1) is 5.92 Å². The molecule has 1 saturated carbocycles. The van der Waals surface area contributed by atoms with Crippen LogP contribution in [0.25, 0.3) is 0 Å². The molecular formula is C17H19ClF3NO2S. The van der Waals surface area contributed by atoms with Crippen molar-refractivity contribution in [1.82, 2.24) is 5.32 Å². The zero-order chi connectivity index (χ0) is 18.4. The van der Waals surface area contributed by atoms with Gasteiger partial charge in [0.15, 0.2) is 5.78 Å². The van der Waals surface area contributed by atoms with Gasteiger partial charge in [-0.05, 0) is 37.1 Å². The average molecular weight is 394 g/mol. The van der Waals surface area contributed by atoms with Crippen LogP contribution >= 0.6 is 23.4 Å². The average Bonchev–Trinajstić information content (AvgIpc) is 2.55. The number of halogens is 4. The smallest absolute Gasteiger partial charge is 0.352 e. The first-order chi connectivity index (χ1) is 11.8. The number of benzene rings is 1. The van der Waals surface area contributed by atoms with E-state index in [1.807, 2.05) is 0 Å². The number of amides is 1. The first kappa shape index (κ1) is 20.1. The summed E-state index contributed by atoms with van der Waals surface area (Å²) in [5.41, 5.74) is 0.488. The highest BCUT2D eigenvalue weighted by molar-refractivity contribution is 8.00. The molecule has 0 spiro atoms. The van der Waals surface area contributed by atoms with Crippen molar-refractivity contribution in [2.45, 2.75) is 37.9 Å². The zero-order valence-electron chi connectivity index (χ0n) is 13.4. The van der Waals surface area contributed by atoms with Crippen LogP contribution in [0.2, 0.25) is 5.02 Å². The lowest BCUT2D eigenvalue weighted by Gasteiger charge is -2.33. The second-order valence-electron chi connectivity index (χ2n) is 6.03. The maximum atomic E-state index is 13.0. The predicted molar refractivity (Wildman–Crippen MR) is 93.1 cm³/mol. The van der Waals surface area contributed by atoms with Crippen LogP contribution in [-0.4, -0.2) is 35.4 Å². The summed E-state index contributed by atoms with van der Waals surface area (Å²) in [4.78, 5) is 23.9. The maximum Gasteiger partial charge on any atom is 0.393 e. The molecule has 8 heteroatoms. The predicted octanol–water partition coefficient (Wildman–Crippen LogP) is 4.49. The van der Waals surface area contributed by atoms with Gasteiger partial charge in [0.2, 0.25) is 5.91 Å². The fourth-order valence-electron chi connectivity index (χ4n) is 2.90. The van der Waals surface area contributed by atoms with Crippen LogP contribution in [-0.2, 0) is 4.79 Å². The summed E-state index contributed by atoms with van der Waals surface area (Å²) in [7, 11) is 0.